The van der Waals surface area contributed by atoms with Gasteiger partial charge in [-0.15, -0.1) is 0 Å². The largest absolute Gasteiger partial charge is 0.391 e. The Hall–Kier alpha value is -2.24. The van der Waals surface area contributed by atoms with Gasteiger partial charge in [-0.3, -0.25) is 19.2 Å². The van der Waals surface area contributed by atoms with Crippen LogP contribution in [0.1, 0.15) is 39.5 Å². The van der Waals surface area contributed by atoms with Gasteiger partial charge in [0, 0.05) is 20.2 Å². The maximum atomic E-state index is 13.2. The lowest BCUT2D eigenvalue weighted by molar-refractivity contribution is -0.148. The van der Waals surface area contributed by atoms with E-state index in [0.717, 1.165) is 0 Å². The lowest BCUT2D eigenvalue weighted by Crippen LogP contribution is -2.59. The minimum atomic E-state index is -1.11. The minimum absolute atomic E-state index is 0.327. The fourth-order valence-corrected chi connectivity index (χ4v) is 3.98. The Morgan fingerprint density at radius 3 is 2.17 bits per heavy atom. The van der Waals surface area contributed by atoms with Crippen LogP contribution in [0.3, 0.4) is 0 Å². The van der Waals surface area contributed by atoms with E-state index in [-0.39, 0.29) is 5.91 Å². The number of nitrogens with one attached hydrogen (secondary N) is 1. The van der Waals surface area contributed by atoms with Crippen molar-refractivity contribution in [3.8, 4) is 0 Å². The molecule has 0 spiro atoms. The fourth-order valence-electron chi connectivity index (χ4n) is 3.98. The first-order valence-electron chi connectivity index (χ1n) is 10.3. The van der Waals surface area contributed by atoms with Gasteiger partial charge in [0.1, 0.15) is 24.2 Å². The van der Waals surface area contributed by atoms with Gasteiger partial charge in [0.05, 0.1) is 12.2 Å². The van der Waals surface area contributed by atoms with Crippen molar-refractivity contribution >= 4 is 23.6 Å². The number of ether oxygens (including phenoxy) is 1. The molecule has 2 fully saturated rings. The molecule has 0 radical (unpaired) electrons. The highest BCUT2D eigenvalue weighted by atomic mass is 16.5. The number of nitrogens with two attached hydrogens (primary N) is 2. The van der Waals surface area contributed by atoms with Crippen molar-refractivity contribution in [3.63, 3.8) is 0 Å². The van der Waals surface area contributed by atoms with Crippen LogP contribution in [0, 0.1) is 0 Å². The normalized spacial score (nSPS) is 25.5. The highest BCUT2D eigenvalue weighted by Gasteiger charge is 2.44. The third kappa shape index (κ3) is 5.08. The Bertz CT molecular complexity index is 672. The molecular formula is C19H33N5O6. The van der Waals surface area contributed by atoms with Crippen LogP contribution < -0.4 is 16.8 Å². The van der Waals surface area contributed by atoms with Gasteiger partial charge in [0.25, 0.3) is 0 Å². The molecule has 6 atom stereocenters. The Morgan fingerprint density at radius 2 is 1.63 bits per heavy atom. The van der Waals surface area contributed by atoms with Crippen molar-refractivity contribution in [1.82, 2.24) is 15.1 Å². The van der Waals surface area contributed by atoms with Crippen LogP contribution in [0.2, 0.25) is 0 Å². The average molecular weight is 428 g/mol. The van der Waals surface area contributed by atoms with E-state index in [0.29, 0.717) is 38.8 Å². The number of methoxy groups -OCH3 is 1. The molecule has 170 valence electrons. The van der Waals surface area contributed by atoms with Crippen molar-refractivity contribution in [3.05, 3.63) is 0 Å². The molecule has 2 saturated heterocycles. The SMILES string of the molecule is CO[C@H](C)[C@H](NC(=O)[C@@H]1CCCN1C(=O)[C@H]1CCCN1C(=O)[C@@H](N)[C@@H](C)O)C(N)=O. The Kier molecular flexibility index (Phi) is 8.16. The number of aliphatic hydroxyl groups is 1. The van der Waals surface area contributed by atoms with Gasteiger partial charge in [-0.2, -0.15) is 0 Å². The second-order valence-electron chi connectivity index (χ2n) is 7.98. The van der Waals surface area contributed by atoms with Gasteiger partial charge >= 0.3 is 0 Å². The summed E-state index contributed by atoms with van der Waals surface area (Å²) >= 11 is 0. The van der Waals surface area contributed by atoms with Crippen LogP contribution >= 0.6 is 0 Å². The molecule has 0 saturated carbocycles. The zero-order valence-electron chi connectivity index (χ0n) is 17.7. The van der Waals surface area contributed by atoms with Gasteiger partial charge in [0.15, 0.2) is 0 Å². The molecule has 0 bridgehead atoms. The molecule has 6 N–H and O–H groups in total. The van der Waals surface area contributed by atoms with Gasteiger partial charge in [0.2, 0.25) is 23.6 Å². The van der Waals surface area contributed by atoms with E-state index in [1.165, 1.54) is 23.8 Å². The number of hydrogen-bond acceptors (Lipinski definition) is 7. The molecule has 0 aromatic carbocycles. The molecule has 2 heterocycles. The van der Waals surface area contributed by atoms with Gasteiger partial charge in [-0.25, -0.2) is 0 Å². The molecule has 2 aliphatic rings. The predicted octanol–water partition coefficient (Wildman–Crippen LogP) is -2.32. The second-order valence-corrected chi connectivity index (χ2v) is 7.98. The van der Waals surface area contributed by atoms with E-state index in [1.807, 2.05) is 0 Å². The molecular weight excluding hydrogens is 394 g/mol. The summed E-state index contributed by atoms with van der Waals surface area (Å²) in [5, 5.41) is 12.2. The maximum Gasteiger partial charge on any atom is 0.246 e. The smallest absolute Gasteiger partial charge is 0.246 e. The molecule has 4 amide bonds. The number of carbonyl (C=O) groups is 4. The van der Waals surface area contributed by atoms with Gasteiger partial charge in [-0.1, -0.05) is 0 Å². The highest BCUT2D eigenvalue weighted by Crippen LogP contribution is 2.25. The molecule has 2 aliphatic heterocycles. The Labute approximate surface area is 176 Å². The van der Waals surface area contributed by atoms with Crippen molar-refractivity contribution in [2.75, 3.05) is 20.2 Å². The zero-order valence-corrected chi connectivity index (χ0v) is 17.7. The summed E-state index contributed by atoms with van der Waals surface area (Å²) in [7, 11) is 1.40. The van der Waals surface area contributed by atoms with E-state index >= 15 is 0 Å². The predicted molar refractivity (Wildman–Crippen MR) is 107 cm³/mol. The number of amides is 4. The first kappa shape index (κ1) is 24.0. The Balaban J connectivity index is 2.12. The maximum absolute atomic E-state index is 13.2. The summed E-state index contributed by atoms with van der Waals surface area (Å²) in [5.74, 6) is -2.02. The number of nitrogens with zero attached hydrogens (tertiary/aromatic N) is 2. The van der Waals surface area contributed by atoms with E-state index in [4.69, 9.17) is 16.2 Å². The lowest BCUT2D eigenvalue weighted by atomic mass is 10.1. The van der Waals surface area contributed by atoms with Crippen LogP contribution in [0.15, 0.2) is 0 Å². The molecule has 0 aromatic heterocycles. The van der Waals surface area contributed by atoms with E-state index in [2.05, 4.69) is 5.32 Å². The quantitative estimate of drug-likeness (QED) is 0.337. The van der Waals surface area contributed by atoms with E-state index < -0.39 is 54.1 Å². The highest BCUT2D eigenvalue weighted by molar-refractivity contribution is 5.95. The van der Waals surface area contributed by atoms with Gasteiger partial charge < -0.3 is 36.4 Å². The molecule has 30 heavy (non-hydrogen) atoms. The van der Waals surface area contributed by atoms with Crippen molar-refractivity contribution in [1.29, 1.82) is 0 Å². The first-order chi connectivity index (χ1) is 14.1. The summed E-state index contributed by atoms with van der Waals surface area (Å²) in [6.07, 6.45) is 0.507. The number of likely N-dealkylation sites (tertiary alicyclic amines) is 2. The molecule has 11 heteroatoms. The summed E-state index contributed by atoms with van der Waals surface area (Å²) in [6.45, 7) is 3.78. The number of hydrogen-bond donors (Lipinski definition) is 4. The zero-order chi connectivity index (χ0) is 22.6. The Morgan fingerprint density at radius 1 is 1.07 bits per heavy atom. The number of carbonyl (C=O) groups excluding carboxylic acids is 4. The summed E-state index contributed by atoms with van der Waals surface area (Å²) < 4.78 is 5.10. The number of aliphatic hydroxyl groups excluding tert-OH is 1. The average Bonchev–Trinajstić information content (AvgIpc) is 3.38. The molecule has 0 aromatic rings. The lowest BCUT2D eigenvalue weighted by Gasteiger charge is -2.33. The van der Waals surface area contributed by atoms with Crippen LogP contribution in [0.25, 0.3) is 0 Å². The third-order valence-electron chi connectivity index (χ3n) is 5.91. The standard InChI is InChI=1S/C19H33N5O6/c1-10(25)14(20)19(29)24-9-5-7-13(24)18(28)23-8-4-6-12(23)17(27)22-15(16(21)26)11(2)30-3/h10-15,25H,4-9,20H2,1-3H3,(H2,21,26)(H,22,27)/t10-,11-,12+,13-,14+,15+/m1/s1. The van der Waals surface area contributed by atoms with E-state index in [9.17, 15) is 24.3 Å². The van der Waals surface area contributed by atoms with Crippen molar-refractivity contribution in [2.45, 2.75) is 75.9 Å². The molecule has 2 rings (SSSR count). The van der Waals surface area contributed by atoms with Crippen LogP contribution in [0.4, 0.5) is 0 Å². The van der Waals surface area contributed by atoms with E-state index in [1.54, 1.807) is 6.92 Å². The molecule has 11 nitrogen and oxygen atoms in total. The van der Waals surface area contributed by atoms with Crippen molar-refractivity contribution in [2.24, 2.45) is 11.5 Å². The summed E-state index contributed by atoms with van der Waals surface area (Å²) in [6, 6.07) is -3.61. The van der Waals surface area contributed by atoms with Crippen LogP contribution in [-0.2, 0) is 23.9 Å². The summed E-state index contributed by atoms with van der Waals surface area (Å²) in [5.41, 5.74) is 11.1. The van der Waals surface area contributed by atoms with Gasteiger partial charge in [-0.05, 0) is 39.5 Å². The summed E-state index contributed by atoms with van der Waals surface area (Å²) in [4.78, 5) is 53.1. The monoisotopic (exact) mass is 427 g/mol. The topological polar surface area (TPSA) is 168 Å². The minimum Gasteiger partial charge on any atom is -0.391 e. The van der Waals surface area contributed by atoms with Crippen LogP contribution in [0.5, 0.6) is 0 Å². The number of primary amides is 1. The molecule has 0 aliphatic carbocycles. The first-order valence-corrected chi connectivity index (χ1v) is 10.3. The second kappa shape index (κ2) is 10.2. The van der Waals surface area contributed by atoms with Crippen LogP contribution in [-0.4, -0.2) is 95.1 Å². The third-order valence-corrected chi connectivity index (χ3v) is 5.91. The van der Waals surface area contributed by atoms with Crippen molar-refractivity contribution < 1.29 is 29.0 Å². The fraction of sp³-hybridized carbons (Fsp3) is 0.789. The number of rotatable bonds is 8. The molecule has 0 unspecified atom stereocenters.